The summed E-state index contributed by atoms with van der Waals surface area (Å²) in [6, 6.07) is 0. The minimum absolute atomic E-state index is 0.00514. The number of hydrogen-bond acceptors (Lipinski definition) is 2. The summed E-state index contributed by atoms with van der Waals surface area (Å²) in [6.07, 6.45) is 1.25. The molecule has 0 spiro atoms. The van der Waals surface area contributed by atoms with Gasteiger partial charge in [0.1, 0.15) is 0 Å². The zero-order chi connectivity index (χ0) is 10.9. The van der Waals surface area contributed by atoms with E-state index in [4.69, 9.17) is 0 Å². The van der Waals surface area contributed by atoms with Crippen molar-refractivity contribution in [3.8, 4) is 0 Å². The molecule has 0 amide bonds. The molecule has 0 fully saturated rings. The molecule has 1 aliphatic carbocycles. The first kappa shape index (κ1) is 10.9. The van der Waals surface area contributed by atoms with Crippen LogP contribution in [0.15, 0.2) is 22.3 Å². The van der Waals surface area contributed by atoms with Gasteiger partial charge in [0.15, 0.2) is 11.6 Å². The SMILES string of the molecule is [CH2]CCC1=C(C)C(=O)C(C)=C(C)C1=O. The number of hydrogen-bond donors (Lipinski definition) is 0. The van der Waals surface area contributed by atoms with Gasteiger partial charge in [-0.2, -0.15) is 0 Å². The van der Waals surface area contributed by atoms with E-state index in [1.807, 2.05) is 0 Å². The number of carbonyl (C=O) groups is 2. The molecule has 1 radical (unpaired) electrons. The minimum atomic E-state index is 0.00514. The van der Waals surface area contributed by atoms with Crippen LogP contribution >= 0.6 is 0 Å². The second-order valence-corrected chi connectivity index (χ2v) is 3.62. The van der Waals surface area contributed by atoms with E-state index in [2.05, 4.69) is 6.92 Å². The van der Waals surface area contributed by atoms with Crippen molar-refractivity contribution < 1.29 is 9.59 Å². The smallest absolute Gasteiger partial charge is 0.185 e. The Labute approximate surface area is 84.7 Å². The summed E-state index contributed by atoms with van der Waals surface area (Å²) >= 11 is 0. The van der Waals surface area contributed by atoms with Crippen LogP contribution in [-0.4, -0.2) is 11.6 Å². The fourth-order valence-electron chi connectivity index (χ4n) is 1.63. The molecule has 0 aromatic carbocycles. The molecule has 14 heavy (non-hydrogen) atoms. The molecule has 0 saturated carbocycles. The minimum Gasteiger partial charge on any atom is -0.289 e. The molecule has 2 heteroatoms. The van der Waals surface area contributed by atoms with Gasteiger partial charge in [-0.05, 0) is 33.6 Å². The molecule has 0 aromatic rings. The third-order valence-corrected chi connectivity index (χ3v) is 2.74. The van der Waals surface area contributed by atoms with E-state index in [0.29, 0.717) is 35.1 Å². The lowest BCUT2D eigenvalue weighted by atomic mass is 9.84. The predicted octanol–water partition coefficient (Wildman–Crippen LogP) is 2.41. The van der Waals surface area contributed by atoms with Crippen molar-refractivity contribution >= 4 is 11.6 Å². The van der Waals surface area contributed by atoms with Crippen molar-refractivity contribution in [3.63, 3.8) is 0 Å². The molecule has 75 valence electrons. The standard InChI is InChI=1S/C12H15O2/c1-5-6-10-9(4)11(13)7(2)8(3)12(10)14/h1,5-6H2,2-4H3. The van der Waals surface area contributed by atoms with E-state index in [1.54, 1.807) is 20.8 Å². The first-order chi connectivity index (χ1) is 6.50. The van der Waals surface area contributed by atoms with E-state index in [0.717, 1.165) is 0 Å². The monoisotopic (exact) mass is 191 g/mol. The third-order valence-electron chi connectivity index (χ3n) is 2.74. The maximum absolute atomic E-state index is 11.8. The highest BCUT2D eigenvalue weighted by molar-refractivity contribution is 6.24. The van der Waals surface area contributed by atoms with Gasteiger partial charge in [0.2, 0.25) is 0 Å². The van der Waals surface area contributed by atoms with E-state index < -0.39 is 0 Å². The number of allylic oxidation sites excluding steroid dienone is 4. The van der Waals surface area contributed by atoms with Crippen LogP contribution in [0.5, 0.6) is 0 Å². The molecule has 1 aliphatic rings. The first-order valence-corrected chi connectivity index (χ1v) is 4.76. The van der Waals surface area contributed by atoms with Gasteiger partial charge in [0.05, 0.1) is 0 Å². The summed E-state index contributed by atoms with van der Waals surface area (Å²) in [5.74, 6) is 0.0220. The highest BCUT2D eigenvalue weighted by Crippen LogP contribution is 2.26. The van der Waals surface area contributed by atoms with Gasteiger partial charge in [-0.3, -0.25) is 9.59 Å². The van der Waals surface area contributed by atoms with Crippen LogP contribution in [-0.2, 0) is 9.59 Å². The van der Waals surface area contributed by atoms with Crippen molar-refractivity contribution in [1.82, 2.24) is 0 Å². The summed E-state index contributed by atoms with van der Waals surface area (Å²) in [5, 5.41) is 0. The largest absolute Gasteiger partial charge is 0.289 e. The van der Waals surface area contributed by atoms with Crippen LogP contribution in [0.1, 0.15) is 33.6 Å². The third kappa shape index (κ3) is 1.57. The van der Waals surface area contributed by atoms with E-state index in [-0.39, 0.29) is 11.6 Å². The van der Waals surface area contributed by atoms with Gasteiger partial charge in [0, 0.05) is 22.3 Å². The van der Waals surface area contributed by atoms with E-state index in [9.17, 15) is 9.59 Å². The Morgan fingerprint density at radius 2 is 1.43 bits per heavy atom. The maximum Gasteiger partial charge on any atom is 0.185 e. The van der Waals surface area contributed by atoms with Crippen LogP contribution in [0.2, 0.25) is 0 Å². The zero-order valence-corrected chi connectivity index (χ0v) is 8.94. The number of carbonyl (C=O) groups excluding carboxylic acids is 2. The highest BCUT2D eigenvalue weighted by atomic mass is 16.1. The highest BCUT2D eigenvalue weighted by Gasteiger charge is 2.26. The van der Waals surface area contributed by atoms with Crippen molar-refractivity contribution in [2.75, 3.05) is 0 Å². The molecule has 2 nitrogen and oxygen atoms in total. The van der Waals surface area contributed by atoms with E-state index in [1.165, 1.54) is 0 Å². The molecule has 0 bridgehead atoms. The summed E-state index contributed by atoms with van der Waals surface area (Å²) < 4.78 is 0. The Morgan fingerprint density at radius 1 is 0.929 bits per heavy atom. The topological polar surface area (TPSA) is 34.1 Å². The molecule has 0 N–H and O–H groups in total. The summed E-state index contributed by atoms with van der Waals surface area (Å²) in [6.45, 7) is 8.85. The lowest BCUT2D eigenvalue weighted by Crippen LogP contribution is -2.20. The summed E-state index contributed by atoms with van der Waals surface area (Å²) in [4.78, 5) is 23.5. The van der Waals surface area contributed by atoms with Crippen LogP contribution < -0.4 is 0 Å². The fourth-order valence-corrected chi connectivity index (χ4v) is 1.63. The lowest BCUT2D eigenvalue weighted by molar-refractivity contribution is -0.116. The average molecular weight is 191 g/mol. The van der Waals surface area contributed by atoms with Gasteiger partial charge in [0.25, 0.3) is 0 Å². The normalized spacial score (nSPS) is 18.3. The molecule has 0 atom stereocenters. The Hall–Kier alpha value is -1.18. The van der Waals surface area contributed by atoms with E-state index >= 15 is 0 Å². The maximum atomic E-state index is 11.8. The summed E-state index contributed by atoms with van der Waals surface area (Å²) in [7, 11) is 0. The van der Waals surface area contributed by atoms with Crippen molar-refractivity contribution in [2.24, 2.45) is 0 Å². The second kappa shape index (κ2) is 3.91. The molecular weight excluding hydrogens is 176 g/mol. The molecule has 0 heterocycles. The quantitative estimate of drug-likeness (QED) is 0.628. The first-order valence-electron chi connectivity index (χ1n) is 4.76. The molecule has 0 aliphatic heterocycles. The fraction of sp³-hybridized carbons (Fsp3) is 0.417. The average Bonchev–Trinajstić information content (AvgIpc) is 2.19. The Kier molecular flexibility index (Phi) is 3.04. The van der Waals surface area contributed by atoms with Crippen LogP contribution in [0.3, 0.4) is 0 Å². The Bertz CT molecular complexity index is 357. The molecular formula is C12H15O2. The molecule has 1 rings (SSSR count). The Morgan fingerprint density at radius 3 is 1.93 bits per heavy atom. The number of ketones is 2. The molecule has 0 aromatic heterocycles. The molecule has 0 unspecified atom stereocenters. The summed E-state index contributed by atoms with van der Waals surface area (Å²) in [5.41, 5.74) is 2.42. The second-order valence-electron chi connectivity index (χ2n) is 3.62. The number of Topliss-reactive ketones (excluding diaryl/α,β-unsaturated/α-hetero) is 2. The molecule has 0 saturated heterocycles. The van der Waals surface area contributed by atoms with Gasteiger partial charge in [-0.25, -0.2) is 0 Å². The van der Waals surface area contributed by atoms with Crippen molar-refractivity contribution in [2.45, 2.75) is 33.6 Å². The van der Waals surface area contributed by atoms with Crippen molar-refractivity contribution in [1.29, 1.82) is 0 Å². The lowest BCUT2D eigenvalue weighted by Gasteiger charge is -2.17. The predicted molar refractivity (Wildman–Crippen MR) is 55.7 cm³/mol. The number of rotatable bonds is 2. The Balaban J connectivity index is 3.19. The zero-order valence-electron chi connectivity index (χ0n) is 8.94. The van der Waals surface area contributed by atoms with Crippen molar-refractivity contribution in [3.05, 3.63) is 29.2 Å². The van der Waals surface area contributed by atoms with Gasteiger partial charge in [-0.15, -0.1) is 0 Å². The van der Waals surface area contributed by atoms with Gasteiger partial charge < -0.3 is 0 Å². The van der Waals surface area contributed by atoms with Crippen LogP contribution in [0.4, 0.5) is 0 Å². The van der Waals surface area contributed by atoms with Gasteiger partial charge in [-0.1, -0.05) is 6.92 Å². The van der Waals surface area contributed by atoms with Gasteiger partial charge >= 0.3 is 0 Å². The van der Waals surface area contributed by atoms with Crippen LogP contribution in [0, 0.1) is 6.92 Å². The van der Waals surface area contributed by atoms with Crippen LogP contribution in [0.25, 0.3) is 0 Å².